The molecule has 0 aromatic heterocycles. The van der Waals surface area contributed by atoms with Crippen LogP contribution in [0.15, 0.2) is 42.5 Å². The molecule has 0 aliphatic carbocycles. The fourth-order valence-corrected chi connectivity index (χ4v) is 4.48. The normalized spacial score (nSPS) is 18.4. The lowest BCUT2D eigenvalue weighted by Gasteiger charge is -2.33. The number of hydrogen-bond acceptors (Lipinski definition) is 4. The molecule has 0 spiro atoms. The number of phenols is 1. The van der Waals surface area contributed by atoms with Crippen LogP contribution in [-0.4, -0.2) is 53.1 Å². The maximum atomic E-state index is 13.0. The number of amides is 1. The third kappa shape index (κ3) is 5.27. The molecule has 2 aliphatic heterocycles. The average molecular weight is 429 g/mol. The van der Waals surface area contributed by atoms with Crippen LogP contribution in [0.4, 0.5) is 0 Å². The second kappa shape index (κ2) is 9.71. The summed E-state index contributed by atoms with van der Waals surface area (Å²) in [4.78, 5) is 17.3. The number of benzene rings is 2. The highest BCUT2D eigenvalue weighted by Gasteiger charge is 2.25. The van der Waals surface area contributed by atoms with E-state index in [9.17, 15) is 9.90 Å². The summed E-state index contributed by atoms with van der Waals surface area (Å²) in [5.41, 5.74) is 1.72. The van der Waals surface area contributed by atoms with E-state index in [1.54, 1.807) is 24.3 Å². The summed E-state index contributed by atoms with van der Waals surface area (Å²) in [6.45, 7) is 4.27. The first-order valence-electron chi connectivity index (χ1n) is 10.8. The summed E-state index contributed by atoms with van der Waals surface area (Å²) < 4.78 is 6.30. The van der Waals surface area contributed by atoms with E-state index in [-0.39, 0.29) is 12.0 Å². The van der Waals surface area contributed by atoms with Crippen LogP contribution in [0.25, 0.3) is 0 Å². The first-order chi connectivity index (χ1) is 14.6. The molecule has 4 rings (SSSR count). The minimum atomic E-state index is 0.0442. The summed E-state index contributed by atoms with van der Waals surface area (Å²) in [6.07, 6.45) is 5.16. The van der Waals surface area contributed by atoms with Crippen molar-refractivity contribution < 1.29 is 14.6 Å². The lowest BCUT2D eigenvalue weighted by atomic mass is 10.1. The van der Waals surface area contributed by atoms with Crippen molar-refractivity contribution in [2.24, 2.45) is 0 Å². The van der Waals surface area contributed by atoms with Gasteiger partial charge >= 0.3 is 0 Å². The third-order valence-corrected chi connectivity index (χ3v) is 6.20. The van der Waals surface area contributed by atoms with Crippen LogP contribution in [0.5, 0.6) is 11.5 Å². The first kappa shape index (κ1) is 21.0. The number of carbonyl (C=O) groups is 1. The van der Waals surface area contributed by atoms with Crippen molar-refractivity contribution in [1.82, 2.24) is 9.80 Å². The van der Waals surface area contributed by atoms with Gasteiger partial charge in [0.15, 0.2) is 0 Å². The number of ether oxygens (including phenoxy) is 1. The third-order valence-electron chi connectivity index (χ3n) is 5.96. The number of nitrogens with zero attached hydrogens (tertiary/aromatic N) is 2. The number of carbonyl (C=O) groups excluding carboxylic acids is 1. The van der Waals surface area contributed by atoms with Gasteiger partial charge in [0, 0.05) is 37.7 Å². The van der Waals surface area contributed by atoms with Crippen molar-refractivity contribution in [1.29, 1.82) is 0 Å². The van der Waals surface area contributed by atoms with Gasteiger partial charge in [-0.25, -0.2) is 0 Å². The highest BCUT2D eigenvalue weighted by molar-refractivity contribution is 6.30. The van der Waals surface area contributed by atoms with Crippen molar-refractivity contribution in [2.75, 3.05) is 26.2 Å². The zero-order valence-electron chi connectivity index (χ0n) is 17.2. The fourth-order valence-electron chi connectivity index (χ4n) is 4.32. The number of likely N-dealkylation sites (tertiary alicyclic amines) is 2. The molecule has 1 amide bonds. The van der Waals surface area contributed by atoms with Crippen LogP contribution < -0.4 is 4.74 Å². The Hall–Kier alpha value is -2.24. The monoisotopic (exact) mass is 428 g/mol. The molecule has 2 aliphatic rings. The average Bonchev–Trinajstić information content (AvgIpc) is 2.75. The van der Waals surface area contributed by atoms with E-state index in [0.29, 0.717) is 22.1 Å². The van der Waals surface area contributed by atoms with Gasteiger partial charge in [-0.1, -0.05) is 23.7 Å². The molecule has 2 aromatic rings. The van der Waals surface area contributed by atoms with Crippen LogP contribution >= 0.6 is 11.6 Å². The molecular formula is C24H29ClN2O3. The molecule has 2 heterocycles. The Morgan fingerprint density at radius 1 is 1.03 bits per heavy atom. The summed E-state index contributed by atoms with van der Waals surface area (Å²) in [7, 11) is 0. The van der Waals surface area contributed by atoms with E-state index in [4.69, 9.17) is 16.3 Å². The van der Waals surface area contributed by atoms with Gasteiger partial charge in [-0.05, 0) is 68.0 Å². The minimum absolute atomic E-state index is 0.0442. The Balaban J connectivity index is 1.37. The second-order valence-corrected chi connectivity index (χ2v) is 8.69. The number of hydrogen-bond donors (Lipinski definition) is 1. The molecule has 0 radical (unpaired) electrons. The van der Waals surface area contributed by atoms with Crippen molar-refractivity contribution in [3.63, 3.8) is 0 Å². The van der Waals surface area contributed by atoms with E-state index < -0.39 is 0 Å². The molecule has 30 heavy (non-hydrogen) atoms. The Labute approximate surface area is 183 Å². The summed E-state index contributed by atoms with van der Waals surface area (Å²) in [6, 6.07) is 12.8. The van der Waals surface area contributed by atoms with Crippen molar-refractivity contribution >= 4 is 17.5 Å². The molecule has 2 fully saturated rings. The highest BCUT2D eigenvalue weighted by atomic mass is 35.5. The molecule has 0 saturated carbocycles. The number of rotatable bonds is 5. The lowest BCUT2D eigenvalue weighted by Crippen LogP contribution is -2.38. The van der Waals surface area contributed by atoms with E-state index >= 15 is 0 Å². The second-order valence-electron chi connectivity index (χ2n) is 8.26. The smallest absolute Gasteiger partial charge is 0.257 e. The molecule has 160 valence electrons. The van der Waals surface area contributed by atoms with Crippen molar-refractivity contribution in [2.45, 2.75) is 44.8 Å². The van der Waals surface area contributed by atoms with Gasteiger partial charge in [0.25, 0.3) is 5.91 Å². The van der Waals surface area contributed by atoms with Gasteiger partial charge in [-0.2, -0.15) is 0 Å². The maximum absolute atomic E-state index is 13.0. The number of phenolic OH excluding ortho intramolecular Hbond substituents is 1. The molecule has 2 saturated heterocycles. The minimum Gasteiger partial charge on any atom is -0.508 e. The largest absolute Gasteiger partial charge is 0.508 e. The fraction of sp³-hybridized carbons (Fsp3) is 0.458. The number of piperidine rings is 2. The zero-order chi connectivity index (χ0) is 20.9. The standard InChI is InChI=1S/C24H29ClN2O3/c25-19-7-8-22(24(29)27-11-2-1-3-12-27)23(16-19)30-21-9-13-26(14-10-21)17-18-5-4-6-20(28)15-18/h4-8,15-16,21,28H,1-3,9-14,17H2. The molecule has 6 heteroatoms. The van der Waals surface area contributed by atoms with E-state index in [1.165, 1.54) is 6.42 Å². The Bertz CT molecular complexity index is 875. The first-order valence-corrected chi connectivity index (χ1v) is 11.2. The van der Waals surface area contributed by atoms with Gasteiger partial charge < -0.3 is 14.7 Å². The summed E-state index contributed by atoms with van der Waals surface area (Å²) >= 11 is 6.22. The summed E-state index contributed by atoms with van der Waals surface area (Å²) in [5, 5.41) is 10.2. The van der Waals surface area contributed by atoms with E-state index in [1.807, 2.05) is 23.1 Å². The Kier molecular flexibility index (Phi) is 6.80. The van der Waals surface area contributed by atoms with E-state index in [2.05, 4.69) is 4.90 Å². The molecular weight excluding hydrogens is 400 g/mol. The predicted octanol–water partition coefficient (Wildman–Crippen LogP) is 4.72. The van der Waals surface area contributed by atoms with Crippen LogP contribution in [-0.2, 0) is 6.54 Å². The molecule has 0 bridgehead atoms. The molecule has 5 nitrogen and oxygen atoms in total. The molecule has 0 unspecified atom stereocenters. The highest BCUT2D eigenvalue weighted by Crippen LogP contribution is 2.29. The van der Waals surface area contributed by atoms with Crippen LogP contribution in [0, 0.1) is 0 Å². The molecule has 2 aromatic carbocycles. The van der Waals surface area contributed by atoms with Gasteiger partial charge in [0.2, 0.25) is 0 Å². The number of aromatic hydroxyl groups is 1. The molecule has 0 atom stereocenters. The Morgan fingerprint density at radius 2 is 1.80 bits per heavy atom. The SMILES string of the molecule is O=C(c1ccc(Cl)cc1OC1CCN(Cc2cccc(O)c2)CC1)N1CCCCC1. The van der Waals surface area contributed by atoms with E-state index in [0.717, 1.165) is 64.0 Å². The quantitative estimate of drug-likeness (QED) is 0.748. The molecule has 1 N–H and O–H groups in total. The van der Waals surface area contributed by atoms with Crippen LogP contribution in [0.3, 0.4) is 0 Å². The number of halogens is 1. The van der Waals surface area contributed by atoms with Crippen LogP contribution in [0.1, 0.15) is 48.0 Å². The van der Waals surface area contributed by atoms with Gasteiger partial charge in [0.1, 0.15) is 17.6 Å². The summed E-state index contributed by atoms with van der Waals surface area (Å²) in [5.74, 6) is 0.949. The van der Waals surface area contributed by atoms with Gasteiger partial charge in [-0.3, -0.25) is 9.69 Å². The zero-order valence-corrected chi connectivity index (χ0v) is 18.0. The Morgan fingerprint density at radius 3 is 2.53 bits per heavy atom. The maximum Gasteiger partial charge on any atom is 0.257 e. The van der Waals surface area contributed by atoms with Gasteiger partial charge in [-0.15, -0.1) is 0 Å². The van der Waals surface area contributed by atoms with Crippen molar-refractivity contribution in [3.8, 4) is 11.5 Å². The predicted molar refractivity (Wildman–Crippen MR) is 118 cm³/mol. The lowest BCUT2D eigenvalue weighted by molar-refractivity contribution is 0.0702. The topological polar surface area (TPSA) is 53.0 Å². The van der Waals surface area contributed by atoms with Crippen LogP contribution in [0.2, 0.25) is 5.02 Å². The van der Waals surface area contributed by atoms with Crippen molar-refractivity contribution in [3.05, 3.63) is 58.6 Å². The van der Waals surface area contributed by atoms with Gasteiger partial charge in [0.05, 0.1) is 5.56 Å².